The molecule has 16 heavy (non-hydrogen) atoms. The number of hydrogen-bond acceptors (Lipinski definition) is 5. The number of anilines is 2. The quantitative estimate of drug-likeness (QED) is 0.755. The summed E-state index contributed by atoms with van der Waals surface area (Å²) in [5.41, 5.74) is 6.46. The third-order valence-electron chi connectivity index (χ3n) is 2.77. The number of hydrogen-bond donors (Lipinski definition) is 2. The number of pyridine rings is 1. The molecule has 0 atom stereocenters. The minimum absolute atomic E-state index is 0.122. The Labute approximate surface area is 94.0 Å². The van der Waals surface area contributed by atoms with Crippen LogP contribution < -0.4 is 11.1 Å². The Balaban J connectivity index is 2.24. The molecular formula is C11H15N3O2. The van der Waals surface area contributed by atoms with Gasteiger partial charge in [-0.1, -0.05) is 0 Å². The van der Waals surface area contributed by atoms with Gasteiger partial charge >= 0.3 is 5.97 Å². The Kier molecular flexibility index (Phi) is 2.46. The molecule has 0 amide bonds. The third-order valence-corrected chi connectivity index (χ3v) is 2.77. The first-order chi connectivity index (χ1) is 7.54. The van der Waals surface area contributed by atoms with E-state index in [0.717, 1.165) is 12.8 Å². The highest BCUT2D eigenvalue weighted by molar-refractivity contribution is 5.95. The summed E-state index contributed by atoms with van der Waals surface area (Å²) < 4.78 is 4.64. The van der Waals surface area contributed by atoms with Gasteiger partial charge < -0.3 is 15.8 Å². The summed E-state index contributed by atoms with van der Waals surface area (Å²) in [4.78, 5) is 15.5. The van der Waals surface area contributed by atoms with Crippen molar-refractivity contribution in [1.29, 1.82) is 0 Å². The Morgan fingerprint density at radius 3 is 2.88 bits per heavy atom. The molecule has 0 unspecified atom stereocenters. The molecular weight excluding hydrogens is 206 g/mol. The van der Waals surface area contributed by atoms with Crippen LogP contribution in [0.5, 0.6) is 0 Å². The summed E-state index contributed by atoms with van der Waals surface area (Å²) in [6, 6.07) is 1.63. The molecule has 0 aliphatic heterocycles. The molecule has 5 heteroatoms. The van der Waals surface area contributed by atoms with Gasteiger partial charge in [0.25, 0.3) is 0 Å². The van der Waals surface area contributed by atoms with E-state index >= 15 is 0 Å². The van der Waals surface area contributed by atoms with Crippen molar-refractivity contribution in [3.05, 3.63) is 17.8 Å². The maximum atomic E-state index is 11.4. The zero-order valence-electron chi connectivity index (χ0n) is 9.41. The second-order valence-corrected chi connectivity index (χ2v) is 4.33. The van der Waals surface area contributed by atoms with E-state index in [1.54, 1.807) is 6.07 Å². The highest BCUT2D eigenvalue weighted by atomic mass is 16.5. The van der Waals surface area contributed by atoms with Crippen molar-refractivity contribution < 1.29 is 9.53 Å². The molecule has 2 rings (SSSR count). The first kappa shape index (κ1) is 10.7. The van der Waals surface area contributed by atoms with Crippen LogP contribution >= 0.6 is 0 Å². The average Bonchev–Trinajstić information content (AvgIpc) is 2.98. The Bertz CT molecular complexity index is 427. The van der Waals surface area contributed by atoms with E-state index < -0.39 is 5.97 Å². The standard InChI is InChI=1S/C11H15N3O2/c1-11(3-4-11)14-9-5-7(10(15)16-2)8(12)6-13-9/h5-6H,3-4,12H2,1-2H3,(H,13,14). The van der Waals surface area contributed by atoms with Crippen molar-refractivity contribution in [3.8, 4) is 0 Å². The van der Waals surface area contributed by atoms with E-state index in [1.165, 1.54) is 13.3 Å². The number of nitrogens with zero attached hydrogens (tertiary/aromatic N) is 1. The van der Waals surface area contributed by atoms with E-state index in [2.05, 4.69) is 22.0 Å². The molecule has 0 aromatic carbocycles. The number of rotatable bonds is 3. The van der Waals surface area contributed by atoms with Crippen LogP contribution in [0, 0.1) is 0 Å². The van der Waals surface area contributed by atoms with Crippen LogP contribution in [0.1, 0.15) is 30.1 Å². The molecule has 0 saturated heterocycles. The number of nitrogen functional groups attached to an aromatic ring is 1. The maximum absolute atomic E-state index is 11.4. The number of carbonyl (C=O) groups is 1. The van der Waals surface area contributed by atoms with Crippen LogP contribution in [0.15, 0.2) is 12.3 Å². The van der Waals surface area contributed by atoms with Gasteiger partial charge in [0.1, 0.15) is 5.82 Å². The van der Waals surface area contributed by atoms with Gasteiger partial charge in [0.15, 0.2) is 0 Å². The lowest BCUT2D eigenvalue weighted by atomic mass is 10.2. The maximum Gasteiger partial charge on any atom is 0.340 e. The number of esters is 1. The smallest absolute Gasteiger partial charge is 0.340 e. The second-order valence-electron chi connectivity index (χ2n) is 4.33. The van der Waals surface area contributed by atoms with Crippen molar-refractivity contribution in [1.82, 2.24) is 4.98 Å². The lowest BCUT2D eigenvalue weighted by molar-refractivity contribution is 0.0602. The van der Waals surface area contributed by atoms with Gasteiger partial charge in [-0.15, -0.1) is 0 Å². The predicted molar refractivity (Wildman–Crippen MR) is 61.3 cm³/mol. The predicted octanol–water partition coefficient (Wildman–Crippen LogP) is 1.41. The molecule has 3 N–H and O–H groups in total. The summed E-state index contributed by atoms with van der Waals surface area (Å²) in [6.07, 6.45) is 3.71. The fraction of sp³-hybridized carbons (Fsp3) is 0.455. The van der Waals surface area contributed by atoms with Gasteiger partial charge in [0.05, 0.1) is 24.6 Å². The third kappa shape index (κ3) is 2.08. The number of methoxy groups -OCH3 is 1. The molecule has 86 valence electrons. The van der Waals surface area contributed by atoms with Gasteiger partial charge in [-0.05, 0) is 25.8 Å². The Morgan fingerprint density at radius 2 is 2.31 bits per heavy atom. The van der Waals surface area contributed by atoms with E-state index in [-0.39, 0.29) is 5.54 Å². The lowest BCUT2D eigenvalue weighted by Gasteiger charge is -2.13. The fourth-order valence-electron chi connectivity index (χ4n) is 1.44. The number of ether oxygens (including phenoxy) is 1. The zero-order chi connectivity index (χ0) is 11.8. The van der Waals surface area contributed by atoms with Gasteiger partial charge in [-0.2, -0.15) is 0 Å². The first-order valence-electron chi connectivity index (χ1n) is 5.16. The molecule has 1 heterocycles. The zero-order valence-corrected chi connectivity index (χ0v) is 9.41. The highest BCUT2D eigenvalue weighted by Crippen LogP contribution is 2.37. The SMILES string of the molecule is COC(=O)c1cc(NC2(C)CC2)ncc1N. The van der Waals surface area contributed by atoms with Crippen LogP contribution in [0.3, 0.4) is 0 Å². The molecule has 0 spiro atoms. The monoisotopic (exact) mass is 221 g/mol. The molecule has 0 bridgehead atoms. The summed E-state index contributed by atoms with van der Waals surface area (Å²) >= 11 is 0. The molecule has 1 fully saturated rings. The van der Waals surface area contributed by atoms with Crippen LogP contribution in [0.25, 0.3) is 0 Å². The Hall–Kier alpha value is -1.78. The molecule has 1 aromatic heterocycles. The number of nitrogens with one attached hydrogen (secondary N) is 1. The fourth-order valence-corrected chi connectivity index (χ4v) is 1.44. The van der Waals surface area contributed by atoms with E-state index in [1.807, 2.05) is 0 Å². The summed E-state index contributed by atoms with van der Waals surface area (Å²) in [6.45, 7) is 2.11. The number of aromatic nitrogens is 1. The van der Waals surface area contributed by atoms with Crippen LogP contribution in [-0.4, -0.2) is 23.6 Å². The van der Waals surface area contributed by atoms with Gasteiger partial charge in [0.2, 0.25) is 0 Å². The van der Waals surface area contributed by atoms with Crippen LogP contribution in [0.2, 0.25) is 0 Å². The van der Waals surface area contributed by atoms with E-state index in [4.69, 9.17) is 5.73 Å². The number of carbonyl (C=O) groups excluding carboxylic acids is 1. The van der Waals surface area contributed by atoms with Crippen molar-refractivity contribution in [2.75, 3.05) is 18.2 Å². The largest absolute Gasteiger partial charge is 0.465 e. The lowest BCUT2D eigenvalue weighted by Crippen LogP contribution is -2.18. The molecule has 1 saturated carbocycles. The van der Waals surface area contributed by atoms with Crippen LogP contribution in [-0.2, 0) is 4.74 Å². The second kappa shape index (κ2) is 3.66. The first-order valence-corrected chi connectivity index (χ1v) is 5.16. The average molecular weight is 221 g/mol. The van der Waals surface area contributed by atoms with Crippen molar-refractivity contribution >= 4 is 17.5 Å². The molecule has 1 aliphatic carbocycles. The molecule has 0 radical (unpaired) electrons. The summed E-state index contributed by atoms with van der Waals surface area (Å²) in [7, 11) is 1.33. The molecule has 5 nitrogen and oxygen atoms in total. The number of nitrogens with two attached hydrogens (primary N) is 1. The van der Waals surface area contributed by atoms with Gasteiger partial charge in [-0.3, -0.25) is 0 Å². The Morgan fingerprint density at radius 1 is 1.62 bits per heavy atom. The van der Waals surface area contributed by atoms with E-state index in [9.17, 15) is 4.79 Å². The van der Waals surface area contributed by atoms with Crippen molar-refractivity contribution in [2.45, 2.75) is 25.3 Å². The topological polar surface area (TPSA) is 77.2 Å². The normalized spacial score (nSPS) is 16.6. The van der Waals surface area contributed by atoms with Crippen molar-refractivity contribution in [3.63, 3.8) is 0 Å². The highest BCUT2D eigenvalue weighted by Gasteiger charge is 2.37. The summed E-state index contributed by atoms with van der Waals surface area (Å²) in [5.74, 6) is 0.221. The van der Waals surface area contributed by atoms with Crippen LogP contribution in [0.4, 0.5) is 11.5 Å². The minimum atomic E-state index is -0.441. The van der Waals surface area contributed by atoms with Gasteiger partial charge in [-0.25, -0.2) is 9.78 Å². The molecule has 1 aliphatic rings. The minimum Gasteiger partial charge on any atom is -0.465 e. The van der Waals surface area contributed by atoms with E-state index in [0.29, 0.717) is 17.1 Å². The van der Waals surface area contributed by atoms with Crippen molar-refractivity contribution in [2.24, 2.45) is 0 Å². The summed E-state index contributed by atoms with van der Waals surface area (Å²) in [5, 5.41) is 3.26. The molecule has 1 aromatic rings. The van der Waals surface area contributed by atoms with Gasteiger partial charge in [0, 0.05) is 5.54 Å².